The summed E-state index contributed by atoms with van der Waals surface area (Å²) in [6.07, 6.45) is 3.43. The molecule has 0 spiro atoms. The molecule has 0 bridgehead atoms. The fourth-order valence-corrected chi connectivity index (χ4v) is 1.63. The second kappa shape index (κ2) is 5.66. The first kappa shape index (κ1) is 11.9. The fraction of sp³-hybridized carbons (Fsp3) is 0.154. The molecule has 0 radical (unpaired) electrons. The standard InChI is InChI=1S/C13H13ClN2O/c14-11-2-1-3-12(8-11)17-9-13(15)10-4-6-16-7-5-10/h1-8,13H,9,15H2. The number of halogens is 1. The Bertz CT molecular complexity index is 476. The van der Waals surface area contributed by atoms with Crippen molar-refractivity contribution in [2.24, 2.45) is 5.73 Å². The molecule has 1 aromatic carbocycles. The highest BCUT2D eigenvalue weighted by Crippen LogP contribution is 2.18. The number of nitrogens with zero attached hydrogens (tertiary/aromatic N) is 1. The molecule has 17 heavy (non-hydrogen) atoms. The average Bonchev–Trinajstić information content (AvgIpc) is 2.37. The van der Waals surface area contributed by atoms with Crippen LogP contribution in [0.1, 0.15) is 11.6 Å². The number of hydrogen-bond donors (Lipinski definition) is 1. The molecule has 1 unspecified atom stereocenters. The highest BCUT2D eigenvalue weighted by atomic mass is 35.5. The molecule has 0 aliphatic rings. The van der Waals surface area contributed by atoms with Crippen molar-refractivity contribution in [1.82, 2.24) is 4.98 Å². The van der Waals surface area contributed by atoms with Crippen molar-refractivity contribution >= 4 is 11.6 Å². The van der Waals surface area contributed by atoms with Gasteiger partial charge in [-0.3, -0.25) is 4.98 Å². The number of aromatic nitrogens is 1. The van der Waals surface area contributed by atoms with Gasteiger partial charge in [0, 0.05) is 17.4 Å². The van der Waals surface area contributed by atoms with Crippen LogP contribution < -0.4 is 10.5 Å². The van der Waals surface area contributed by atoms with Crippen molar-refractivity contribution in [2.45, 2.75) is 6.04 Å². The molecule has 3 nitrogen and oxygen atoms in total. The van der Waals surface area contributed by atoms with Gasteiger partial charge in [0.15, 0.2) is 0 Å². The number of nitrogens with two attached hydrogens (primary N) is 1. The normalized spacial score (nSPS) is 12.1. The molecule has 2 rings (SSSR count). The second-order valence-electron chi connectivity index (χ2n) is 3.66. The minimum Gasteiger partial charge on any atom is -0.492 e. The zero-order chi connectivity index (χ0) is 12.1. The van der Waals surface area contributed by atoms with Crippen LogP contribution in [0.15, 0.2) is 48.8 Å². The summed E-state index contributed by atoms with van der Waals surface area (Å²) >= 11 is 5.86. The van der Waals surface area contributed by atoms with Gasteiger partial charge in [-0.05, 0) is 35.9 Å². The highest BCUT2D eigenvalue weighted by Gasteiger charge is 2.06. The van der Waals surface area contributed by atoms with Crippen LogP contribution in [-0.2, 0) is 0 Å². The van der Waals surface area contributed by atoms with Gasteiger partial charge in [-0.15, -0.1) is 0 Å². The van der Waals surface area contributed by atoms with E-state index in [1.807, 2.05) is 24.3 Å². The first-order chi connectivity index (χ1) is 8.25. The molecule has 0 aliphatic carbocycles. The third kappa shape index (κ3) is 3.44. The van der Waals surface area contributed by atoms with Crippen molar-refractivity contribution in [3.63, 3.8) is 0 Å². The van der Waals surface area contributed by atoms with Gasteiger partial charge in [-0.1, -0.05) is 17.7 Å². The van der Waals surface area contributed by atoms with Crippen LogP contribution in [0.25, 0.3) is 0 Å². The van der Waals surface area contributed by atoms with Gasteiger partial charge in [-0.2, -0.15) is 0 Å². The lowest BCUT2D eigenvalue weighted by molar-refractivity contribution is 0.290. The Hall–Kier alpha value is -1.58. The lowest BCUT2D eigenvalue weighted by atomic mass is 10.1. The second-order valence-corrected chi connectivity index (χ2v) is 4.09. The Labute approximate surface area is 105 Å². The maximum absolute atomic E-state index is 6.00. The Morgan fingerprint density at radius 1 is 1.24 bits per heavy atom. The van der Waals surface area contributed by atoms with Gasteiger partial charge in [0.2, 0.25) is 0 Å². The number of benzene rings is 1. The zero-order valence-electron chi connectivity index (χ0n) is 9.21. The van der Waals surface area contributed by atoms with Crippen LogP contribution >= 0.6 is 11.6 Å². The predicted molar refractivity (Wildman–Crippen MR) is 68.1 cm³/mol. The molecule has 1 heterocycles. The third-order valence-corrected chi connectivity index (χ3v) is 2.59. The molecule has 0 aliphatic heterocycles. The van der Waals surface area contributed by atoms with E-state index in [1.54, 1.807) is 24.5 Å². The van der Waals surface area contributed by atoms with E-state index in [0.717, 1.165) is 11.3 Å². The van der Waals surface area contributed by atoms with Crippen molar-refractivity contribution < 1.29 is 4.74 Å². The first-order valence-corrected chi connectivity index (χ1v) is 5.67. The summed E-state index contributed by atoms with van der Waals surface area (Å²) < 4.78 is 5.57. The van der Waals surface area contributed by atoms with E-state index in [9.17, 15) is 0 Å². The summed E-state index contributed by atoms with van der Waals surface area (Å²) in [7, 11) is 0. The topological polar surface area (TPSA) is 48.1 Å². The van der Waals surface area contributed by atoms with Crippen molar-refractivity contribution in [1.29, 1.82) is 0 Å². The summed E-state index contributed by atoms with van der Waals surface area (Å²) in [4.78, 5) is 3.94. The van der Waals surface area contributed by atoms with Crippen LogP contribution in [-0.4, -0.2) is 11.6 Å². The number of rotatable bonds is 4. The number of hydrogen-bond acceptors (Lipinski definition) is 3. The van der Waals surface area contributed by atoms with Gasteiger partial charge in [0.1, 0.15) is 12.4 Å². The van der Waals surface area contributed by atoms with Crippen molar-refractivity contribution in [2.75, 3.05) is 6.61 Å². The lowest BCUT2D eigenvalue weighted by Crippen LogP contribution is -2.18. The molecular weight excluding hydrogens is 236 g/mol. The van der Waals surface area contributed by atoms with Crippen LogP contribution in [0.3, 0.4) is 0 Å². The summed E-state index contributed by atoms with van der Waals surface area (Å²) in [5.41, 5.74) is 7.00. The van der Waals surface area contributed by atoms with Crippen LogP contribution in [0, 0.1) is 0 Å². The number of ether oxygens (including phenoxy) is 1. The van der Waals surface area contributed by atoms with Crippen LogP contribution in [0.4, 0.5) is 0 Å². The molecule has 1 aromatic heterocycles. The highest BCUT2D eigenvalue weighted by molar-refractivity contribution is 6.30. The Kier molecular flexibility index (Phi) is 3.96. The summed E-state index contributed by atoms with van der Waals surface area (Å²) in [5, 5.41) is 0.653. The van der Waals surface area contributed by atoms with Crippen molar-refractivity contribution in [3.05, 3.63) is 59.4 Å². The van der Waals surface area contributed by atoms with Crippen LogP contribution in [0.2, 0.25) is 5.02 Å². The molecule has 2 aromatic rings. The zero-order valence-corrected chi connectivity index (χ0v) is 9.97. The molecule has 0 amide bonds. The SMILES string of the molecule is NC(COc1cccc(Cl)c1)c1ccncc1. The van der Waals surface area contributed by atoms with Gasteiger partial charge in [0.25, 0.3) is 0 Å². The molecule has 88 valence electrons. The van der Waals surface area contributed by atoms with E-state index >= 15 is 0 Å². The largest absolute Gasteiger partial charge is 0.492 e. The van der Waals surface area contributed by atoms with Gasteiger partial charge >= 0.3 is 0 Å². The van der Waals surface area contributed by atoms with E-state index in [1.165, 1.54) is 0 Å². The van der Waals surface area contributed by atoms with E-state index in [0.29, 0.717) is 11.6 Å². The number of pyridine rings is 1. The Morgan fingerprint density at radius 2 is 2.00 bits per heavy atom. The van der Waals surface area contributed by atoms with Crippen LogP contribution in [0.5, 0.6) is 5.75 Å². The summed E-state index contributed by atoms with van der Waals surface area (Å²) in [6, 6.07) is 10.9. The minimum atomic E-state index is -0.169. The molecular formula is C13H13ClN2O. The molecule has 2 N–H and O–H groups in total. The fourth-order valence-electron chi connectivity index (χ4n) is 1.45. The van der Waals surface area contributed by atoms with E-state index < -0.39 is 0 Å². The monoisotopic (exact) mass is 248 g/mol. The molecule has 4 heteroatoms. The molecule has 0 saturated carbocycles. The first-order valence-electron chi connectivity index (χ1n) is 5.29. The van der Waals surface area contributed by atoms with Gasteiger partial charge in [0.05, 0.1) is 6.04 Å². The third-order valence-electron chi connectivity index (χ3n) is 2.36. The van der Waals surface area contributed by atoms with E-state index in [2.05, 4.69) is 4.98 Å². The average molecular weight is 249 g/mol. The van der Waals surface area contributed by atoms with Gasteiger partial charge in [-0.25, -0.2) is 0 Å². The maximum Gasteiger partial charge on any atom is 0.120 e. The van der Waals surface area contributed by atoms with Gasteiger partial charge < -0.3 is 10.5 Å². The maximum atomic E-state index is 6.00. The Morgan fingerprint density at radius 3 is 2.71 bits per heavy atom. The van der Waals surface area contributed by atoms with E-state index in [4.69, 9.17) is 22.1 Å². The molecule has 1 atom stereocenters. The Balaban J connectivity index is 1.95. The lowest BCUT2D eigenvalue weighted by Gasteiger charge is -2.13. The minimum absolute atomic E-state index is 0.169. The van der Waals surface area contributed by atoms with E-state index in [-0.39, 0.29) is 6.04 Å². The molecule has 0 fully saturated rings. The molecule has 0 saturated heterocycles. The summed E-state index contributed by atoms with van der Waals surface area (Å²) in [5.74, 6) is 0.724. The predicted octanol–water partition coefficient (Wildman–Crippen LogP) is 2.81. The quantitative estimate of drug-likeness (QED) is 0.905. The summed E-state index contributed by atoms with van der Waals surface area (Å²) in [6.45, 7) is 0.407. The smallest absolute Gasteiger partial charge is 0.120 e. The van der Waals surface area contributed by atoms with Crippen molar-refractivity contribution in [3.8, 4) is 5.75 Å².